The van der Waals surface area contributed by atoms with Crippen molar-refractivity contribution in [3.63, 3.8) is 0 Å². The molecular formula is C18H24ClN3O4. The maximum Gasteiger partial charge on any atom is 0.241 e. The third-order valence-electron chi connectivity index (χ3n) is 4.77. The number of nitrogens with one attached hydrogen (secondary N) is 1. The molecule has 2 amide bonds. The van der Waals surface area contributed by atoms with Gasteiger partial charge in [-0.15, -0.1) is 0 Å². The Morgan fingerprint density at radius 1 is 1.08 bits per heavy atom. The second kappa shape index (κ2) is 8.03. The van der Waals surface area contributed by atoms with Gasteiger partial charge in [0.2, 0.25) is 11.8 Å². The molecule has 3 rings (SSSR count). The Balaban J connectivity index is 1.53. The van der Waals surface area contributed by atoms with Crippen molar-refractivity contribution >= 4 is 29.1 Å². The summed E-state index contributed by atoms with van der Waals surface area (Å²) in [6, 6.07) is 3.36. The topological polar surface area (TPSA) is 71.1 Å². The van der Waals surface area contributed by atoms with Crippen molar-refractivity contribution < 1.29 is 19.1 Å². The first-order chi connectivity index (χ1) is 12.5. The molecule has 2 aliphatic rings. The van der Waals surface area contributed by atoms with Gasteiger partial charge in [0.15, 0.2) is 0 Å². The first kappa shape index (κ1) is 18.6. The number of amides is 2. The lowest BCUT2D eigenvalue weighted by Gasteiger charge is -2.35. The fourth-order valence-corrected chi connectivity index (χ4v) is 3.28. The molecule has 0 aromatic heterocycles. The van der Waals surface area contributed by atoms with Gasteiger partial charge in [0, 0.05) is 44.2 Å². The summed E-state index contributed by atoms with van der Waals surface area (Å²) in [4.78, 5) is 28.2. The maximum absolute atomic E-state index is 12.5. The van der Waals surface area contributed by atoms with Crippen LogP contribution in [0.1, 0.15) is 12.8 Å². The number of piperazine rings is 1. The molecule has 0 spiro atoms. The lowest BCUT2D eigenvalue weighted by Crippen LogP contribution is -2.52. The second-order valence-corrected chi connectivity index (χ2v) is 6.93. The lowest BCUT2D eigenvalue weighted by atomic mass is 10.2. The number of hydrogen-bond donors (Lipinski definition) is 1. The normalized spacial score (nSPS) is 17.0. The minimum Gasteiger partial charge on any atom is -0.495 e. The Morgan fingerprint density at radius 3 is 2.27 bits per heavy atom. The van der Waals surface area contributed by atoms with Gasteiger partial charge in [-0.05, 0) is 12.8 Å². The number of benzene rings is 1. The summed E-state index contributed by atoms with van der Waals surface area (Å²) in [5.74, 6) is 1.51. The zero-order valence-corrected chi connectivity index (χ0v) is 15.8. The van der Waals surface area contributed by atoms with Gasteiger partial charge in [-0.3, -0.25) is 9.59 Å². The van der Waals surface area contributed by atoms with Crippen LogP contribution in [0.4, 0.5) is 5.69 Å². The van der Waals surface area contributed by atoms with Crippen LogP contribution < -0.4 is 14.8 Å². The van der Waals surface area contributed by atoms with Crippen molar-refractivity contribution in [3.8, 4) is 11.5 Å². The summed E-state index contributed by atoms with van der Waals surface area (Å²) in [5.41, 5.74) is 0.643. The number of methoxy groups -OCH3 is 2. The first-order valence-corrected chi connectivity index (χ1v) is 9.13. The molecule has 7 nitrogen and oxygen atoms in total. The molecule has 142 valence electrons. The minimum absolute atomic E-state index is 0.0144. The van der Waals surface area contributed by atoms with Gasteiger partial charge in [-0.1, -0.05) is 11.6 Å². The van der Waals surface area contributed by atoms with Gasteiger partial charge < -0.3 is 24.6 Å². The average molecular weight is 382 g/mol. The van der Waals surface area contributed by atoms with Crippen LogP contribution in [0.2, 0.25) is 5.02 Å². The molecule has 1 saturated heterocycles. The zero-order chi connectivity index (χ0) is 18.7. The SMILES string of the molecule is COc1cc(NCC(=O)N2CCN(C(=O)C3CC3)CC2)c(OC)cc1Cl. The fourth-order valence-electron chi connectivity index (χ4n) is 3.05. The molecule has 1 N–H and O–H groups in total. The first-order valence-electron chi connectivity index (χ1n) is 8.75. The Morgan fingerprint density at radius 2 is 1.69 bits per heavy atom. The van der Waals surface area contributed by atoms with Crippen LogP contribution in [-0.2, 0) is 9.59 Å². The number of carbonyl (C=O) groups is 2. The molecule has 1 heterocycles. The van der Waals surface area contributed by atoms with Crippen molar-refractivity contribution in [3.05, 3.63) is 17.2 Å². The highest BCUT2D eigenvalue weighted by atomic mass is 35.5. The molecule has 0 bridgehead atoms. The van der Waals surface area contributed by atoms with Crippen LogP contribution in [0.5, 0.6) is 11.5 Å². The maximum atomic E-state index is 12.5. The molecule has 0 radical (unpaired) electrons. The van der Waals surface area contributed by atoms with E-state index in [-0.39, 0.29) is 24.3 Å². The Kier molecular flexibility index (Phi) is 5.76. The third-order valence-corrected chi connectivity index (χ3v) is 5.07. The van der Waals surface area contributed by atoms with Gasteiger partial charge >= 0.3 is 0 Å². The van der Waals surface area contributed by atoms with Gasteiger partial charge in [0.25, 0.3) is 0 Å². The monoisotopic (exact) mass is 381 g/mol. The number of anilines is 1. The van der Waals surface area contributed by atoms with Crippen molar-refractivity contribution in [1.29, 1.82) is 0 Å². The number of halogens is 1. The van der Waals surface area contributed by atoms with E-state index in [0.717, 1.165) is 12.8 Å². The lowest BCUT2D eigenvalue weighted by molar-refractivity contribution is -0.139. The third kappa shape index (κ3) is 4.15. The molecule has 26 heavy (non-hydrogen) atoms. The van der Waals surface area contributed by atoms with Crippen molar-refractivity contribution in [2.75, 3.05) is 52.3 Å². The molecule has 2 fully saturated rings. The molecular weight excluding hydrogens is 358 g/mol. The van der Waals surface area contributed by atoms with E-state index in [4.69, 9.17) is 21.1 Å². The molecule has 8 heteroatoms. The van der Waals surface area contributed by atoms with Crippen LogP contribution in [0.3, 0.4) is 0 Å². The van der Waals surface area contributed by atoms with Gasteiger partial charge in [-0.2, -0.15) is 0 Å². The molecule has 0 unspecified atom stereocenters. The van der Waals surface area contributed by atoms with E-state index in [1.807, 2.05) is 4.90 Å². The van der Waals surface area contributed by atoms with E-state index in [1.165, 1.54) is 7.11 Å². The fraction of sp³-hybridized carbons (Fsp3) is 0.556. The summed E-state index contributed by atoms with van der Waals surface area (Å²) >= 11 is 6.09. The number of nitrogens with zero attached hydrogens (tertiary/aromatic N) is 2. The van der Waals surface area contributed by atoms with Crippen LogP contribution in [0.15, 0.2) is 12.1 Å². The number of ether oxygens (including phenoxy) is 2. The average Bonchev–Trinajstić information content (AvgIpc) is 3.51. The van der Waals surface area contributed by atoms with E-state index in [2.05, 4.69) is 5.32 Å². The molecule has 1 aromatic rings. The summed E-state index contributed by atoms with van der Waals surface area (Å²) in [6.07, 6.45) is 2.02. The van der Waals surface area contributed by atoms with E-state index >= 15 is 0 Å². The van der Waals surface area contributed by atoms with Crippen molar-refractivity contribution in [2.45, 2.75) is 12.8 Å². The van der Waals surface area contributed by atoms with E-state index in [0.29, 0.717) is 48.4 Å². The van der Waals surface area contributed by atoms with E-state index in [9.17, 15) is 9.59 Å². The Hall–Kier alpha value is -2.15. The second-order valence-electron chi connectivity index (χ2n) is 6.52. The minimum atomic E-state index is -0.0144. The highest BCUT2D eigenvalue weighted by Crippen LogP contribution is 2.35. The Bertz CT molecular complexity index is 685. The van der Waals surface area contributed by atoms with Gasteiger partial charge in [0.1, 0.15) is 11.5 Å². The quantitative estimate of drug-likeness (QED) is 0.814. The van der Waals surface area contributed by atoms with Gasteiger partial charge in [0.05, 0.1) is 31.5 Å². The molecule has 0 atom stereocenters. The van der Waals surface area contributed by atoms with Crippen molar-refractivity contribution in [1.82, 2.24) is 9.80 Å². The summed E-state index contributed by atoms with van der Waals surface area (Å²) < 4.78 is 10.5. The van der Waals surface area contributed by atoms with E-state index in [1.54, 1.807) is 24.1 Å². The highest BCUT2D eigenvalue weighted by Gasteiger charge is 2.35. The smallest absolute Gasteiger partial charge is 0.241 e. The predicted octanol–water partition coefficient (Wildman–Crippen LogP) is 1.85. The van der Waals surface area contributed by atoms with Crippen molar-refractivity contribution in [2.24, 2.45) is 5.92 Å². The largest absolute Gasteiger partial charge is 0.495 e. The van der Waals surface area contributed by atoms with Crippen LogP contribution >= 0.6 is 11.6 Å². The number of hydrogen-bond acceptors (Lipinski definition) is 5. The molecule has 1 aromatic carbocycles. The molecule has 1 saturated carbocycles. The zero-order valence-electron chi connectivity index (χ0n) is 15.1. The summed E-state index contributed by atoms with van der Waals surface area (Å²) in [6.45, 7) is 2.50. The van der Waals surface area contributed by atoms with Crippen LogP contribution in [-0.4, -0.2) is 68.6 Å². The van der Waals surface area contributed by atoms with Crippen LogP contribution in [0.25, 0.3) is 0 Å². The predicted molar refractivity (Wildman–Crippen MR) is 98.9 cm³/mol. The summed E-state index contributed by atoms with van der Waals surface area (Å²) in [7, 11) is 3.08. The number of rotatable bonds is 6. The summed E-state index contributed by atoms with van der Waals surface area (Å²) in [5, 5.41) is 3.53. The molecule has 1 aliphatic carbocycles. The van der Waals surface area contributed by atoms with Crippen LogP contribution in [0, 0.1) is 5.92 Å². The number of carbonyl (C=O) groups excluding carboxylic acids is 2. The Labute approximate surface area is 158 Å². The standard InChI is InChI=1S/C18H24ClN3O4/c1-25-15-10-14(16(26-2)9-13(15)19)20-11-17(23)21-5-7-22(8-6-21)18(24)12-3-4-12/h9-10,12,20H,3-8,11H2,1-2H3. The van der Waals surface area contributed by atoms with Gasteiger partial charge in [-0.25, -0.2) is 0 Å². The van der Waals surface area contributed by atoms with E-state index < -0.39 is 0 Å². The highest BCUT2D eigenvalue weighted by molar-refractivity contribution is 6.32. The molecule has 1 aliphatic heterocycles.